The summed E-state index contributed by atoms with van der Waals surface area (Å²) >= 11 is 3.68. The summed E-state index contributed by atoms with van der Waals surface area (Å²) in [5, 5.41) is 1.22. The van der Waals surface area contributed by atoms with Crippen molar-refractivity contribution in [1.82, 2.24) is 0 Å². The molecule has 0 spiro atoms. The highest BCUT2D eigenvalue weighted by atomic mass is 79.9. The summed E-state index contributed by atoms with van der Waals surface area (Å²) in [6, 6.07) is 9.56. The molecule has 0 aromatic heterocycles. The van der Waals surface area contributed by atoms with Crippen molar-refractivity contribution in [2.24, 2.45) is 17.8 Å². The molecule has 0 bridgehead atoms. The summed E-state index contributed by atoms with van der Waals surface area (Å²) in [5.74, 6) is 3.87. The van der Waals surface area contributed by atoms with Crippen LogP contribution in [0.15, 0.2) is 24.3 Å². The fourth-order valence-corrected chi connectivity index (χ4v) is 5.63. The third kappa shape index (κ3) is 4.62. The molecule has 1 heteroatoms. The molecular weight excluding hydrogens is 344 g/mol. The fraction of sp³-hybridized carbons (Fsp3) is 0.727. The van der Waals surface area contributed by atoms with Crippen LogP contribution in [-0.4, -0.2) is 5.33 Å². The Balaban J connectivity index is 1.48. The first-order valence-electron chi connectivity index (χ1n) is 9.95. The van der Waals surface area contributed by atoms with Gasteiger partial charge in [-0.1, -0.05) is 53.5 Å². The molecule has 23 heavy (non-hydrogen) atoms. The summed E-state index contributed by atoms with van der Waals surface area (Å²) in [6.45, 7) is 2.26. The van der Waals surface area contributed by atoms with Crippen molar-refractivity contribution in [3.8, 4) is 0 Å². The number of hydrogen-bond donors (Lipinski definition) is 0. The van der Waals surface area contributed by atoms with Gasteiger partial charge < -0.3 is 0 Å². The monoisotopic (exact) mass is 376 g/mol. The summed E-state index contributed by atoms with van der Waals surface area (Å²) in [6.07, 6.45) is 14.2. The van der Waals surface area contributed by atoms with Crippen LogP contribution in [0, 0.1) is 17.8 Å². The van der Waals surface area contributed by atoms with Crippen molar-refractivity contribution in [2.75, 3.05) is 5.33 Å². The lowest BCUT2D eigenvalue weighted by molar-refractivity contribution is 0.166. The highest BCUT2D eigenvalue weighted by Gasteiger charge is 2.30. The lowest BCUT2D eigenvalue weighted by Crippen LogP contribution is -2.25. The lowest BCUT2D eigenvalue weighted by atomic mass is 9.68. The van der Waals surface area contributed by atoms with Crippen LogP contribution in [-0.2, 0) is 6.42 Å². The van der Waals surface area contributed by atoms with Crippen LogP contribution in [0.2, 0.25) is 0 Å². The van der Waals surface area contributed by atoms with Gasteiger partial charge in [0.15, 0.2) is 0 Å². The van der Waals surface area contributed by atoms with Gasteiger partial charge in [0.1, 0.15) is 0 Å². The topological polar surface area (TPSA) is 0 Å². The van der Waals surface area contributed by atoms with Gasteiger partial charge in [-0.05, 0) is 92.6 Å². The van der Waals surface area contributed by atoms with Crippen molar-refractivity contribution in [1.29, 1.82) is 0 Å². The minimum Gasteiger partial charge on any atom is -0.0925 e. The van der Waals surface area contributed by atoms with Crippen molar-refractivity contribution < 1.29 is 0 Å². The van der Waals surface area contributed by atoms with E-state index in [1.165, 1.54) is 75.1 Å². The van der Waals surface area contributed by atoms with Crippen LogP contribution >= 0.6 is 15.9 Å². The minimum atomic E-state index is 0.834. The third-order valence-corrected chi connectivity index (χ3v) is 7.45. The van der Waals surface area contributed by atoms with E-state index in [1.807, 2.05) is 0 Å². The predicted molar refractivity (Wildman–Crippen MR) is 104 cm³/mol. The molecule has 0 heterocycles. The third-order valence-electron chi connectivity index (χ3n) is 6.54. The lowest BCUT2D eigenvalue weighted by Gasteiger charge is -2.37. The summed E-state index contributed by atoms with van der Waals surface area (Å²) < 4.78 is 0. The Morgan fingerprint density at radius 1 is 0.826 bits per heavy atom. The summed E-state index contributed by atoms with van der Waals surface area (Å²) in [7, 11) is 0. The number of alkyl halides is 1. The average Bonchev–Trinajstić information content (AvgIpc) is 2.63. The maximum atomic E-state index is 3.68. The highest BCUT2D eigenvalue weighted by molar-refractivity contribution is 9.09. The molecule has 0 radical (unpaired) electrons. The zero-order valence-electron chi connectivity index (χ0n) is 14.8. The minimum absolute atomic E-state index is 0.834. The van der Waals surface area contributed by atoms with Gasteiger partial charge in [0, 0.05) is 5.33 Å². The summed E-state index contributed by atoms with van der Waals surface area (Å²) in [4.78, 5) is 0. The number of aryl methyl sites for hydroxylation is 1. The Labute approximate surface area is 151 Å². The normalized spacial score (nSPS) is 31.9. The Morgan fingerprint density at radius 3 is 1.91 bits per heavy atom. The standard InChI is InChI=1S/C22H33Br/c1-2-3-17-4-8-19(9-5-17)21-12-14-22(15-13-21)20-10-6-18(16-23)7-11-20/h4-5,8-9,18,20-22H,2-3,6-7,10-16H2,1H3. The van der Waals surface area contributed by atoms with Gasteiger partial charge in [0.2, 0.25) is 0 Å². The van der Waals surface area contributed by atoms with E-state index in [1.54, 1.807) is 5.56 Å². The fourth-order valence-electron chi connectivity index (χ4n) is 4.98. The second kappa shape index (κ2) is 8.70. The van der Waals surface area contributed by atoms with Crippen LogP contribution in [0.3, 0.4) is 0 Å². The van der Waals surface area contributed by atoms with Crippen molar-refractivity contribution in [3.05, 3.63) is 35.4 Å². The maximum Gasteiger partial charge on any atom is 0.00596 e. The van der Waals surface area contributed by atoms with Crippen LogP contribution in [0.5, 0.6) is 0 Å². The van der Waals surface area contributed by atoms with Crippen molar-refractivity contribution >= 4 is 15.9 Å². The molecule has 1 aromatic rings. The second-order valence-corrected chi connectivity index (χ2v) is 8.69. The first-order valence-corrected chi connectivity index (χ1v) is 11.1. The smallest absolute Gasteiger partial charge is 0.00596 e. The zero-order chi connectivity index (χ0) is 16.1. The quantitative estimate of drug-likeness (QED) is 0.480. The molecule has 2 saturated carbocycles. The molecular formula is C22H33Br. The molecule has 3 rings (SSSR count). The zero-order valence-corrected chi connectivity index (χ0v) is 16.4. The number of hydrogen-bond acceptors (Lipinski definition) is 0. The maximum absolute atomic E-state index is 3.68. The van der Waals surface area contributed by atoms with Crippen LogP contribution in [0.4, 0.5) is 0 Å². The van der Waals surface area contributed by atoms with E-state index in [0.29, 0.717) is 0 Å². The molecule has 2 aliphatic carbocycles. The molecule has 0 aliphatic heterocycles. The molecule has 0 saturated heterocycles. The van der Waals surface area contributed by atoms with E-state index < -0.39 is 0 Å². The van der Waals surface area contributed by atoms with Gasteiger partial charge in [-0.2, -0.15) is 0 Å². The second-order valence-electron chi connectivity index (χ2n) is 8.04. The van der Waals surface area contributed by atoms with E-state index >= 15 is 0 Å². The molecule has 0 nitrogen and oxygen atoms in total. The molecule has 0 N–H and O–H groups in total. The molecule has 128 valence electrons. The molecule has 1 aromatic carbocycles. The highest BCUT2D eigenvalue weighted by Crippen LogP contribution is 2.44. The Bertz CT molecular complexity index is 447. The Kier molecular flexibility index (Phi) is 6.62. The van der Waals surface area contributed by atoms with Gasteiger partial charge in [-0.3, -0.25) is 0 Å². The van der Waals surface area contributed by atoms with Crippen molar-refractivity contribution in [3.63, 3.8) is 0 Å². The van der Waals surface area contributed by atoms with Gasteiger partial charge >= 0.3 is 0 Å². The summed E-state index contributed by atoms with van der Waals surface area (Å²) in [5.41, 5.74) is 3.11. The van der Waals surface area contributed by atoms with Crippen LogP contribution in [0.1, 0.15) is 81.8 Å². The molecule has 2 aliphatic rings. The van der Waals surface area contributed by atoms with Crippen molar-refractivity contribution in [2.45, 2.75) is 77.0 Å². The first kappa shape index (κ1) is 17.5. The van der Waals surface area contributed by atoms with Crippen LogP contribution in [0.25, 0.3) is 0 Å². The van der Waals surface area contributed by atoms with E-state index in [-0.39, 0.29) is 0 Å². The van der Waals surface area contributed by atoms with E-state index in [4.69, 9.17) is 0 Å². The molecule has 2 fully saturated rings. The SMILES string of the molecule is CCCc1ccc(C2CCC(C3CCC(CBr)CC3)CC2)cc1. The van der Waals surface area contributed by atoms with Gasteiger partial charge in [0.25, 0.3) is 0 Å². The largest absolute Gasteiger partial charge is 0.0925 e. The molecule has 0 atom stereocenters. The first-order chi connectivity index (χ1) is 11.3. The number of benzene rings is 1. The number of halogens is 1. The molecule has 0 amide bonds. The Morgan fingerprint density at radius 2 is 1.39 bits per heavy atom. The van der Waals surface area contributed by atoms with Crippen LogP contribution < -0.4 is 0 Å². The average molecular weight is 377 g/mol. The van der Waals surface area contributed by atoms with E-state index in [2.05, 4.69) is 47.1 Å². The Hall–Kier alpha value is -0.300. The predicted octanol–water partition coefficient (Wildman–Crippen LogP) is 7.11. The van der Waals surface area contributed by atoms with Gasteiger partial charge in [0.05, 0.1) is 0 Å². The van der Waals surface area contributed by atoms with E-state index in [9.17, 15) is 0 Å². The van der Waals surface area contributed by atoms with E-state index in [0.717, 1.165) is 23.7 Å². The molecule has 0 unspecified atom stereocenters. The van der Waals surface area contributed by atoms with Gasteiger partial charge in [-0.15, -0.1) is 0 Å². The number of rotatable bonds is 5. The van der Waals surface area contributed by atoms with Gasteiger partial charge in [-0.25, -0.2) is 0 Å².